The first-order valence-electron chi connectivity index (χ1n) is 9.23. The van der Waals surface area contributed by atoms with Gasteiger partial charge in [0.1, 0.15) is 11.6 Å². The number of amides is 1. The Bertz CT molecular complexity index is 1130. The number of halogens is 2. The average molecular weight is 429 g/mol. The molecule has 0 radical (unpaired) electrons. The normalized spacial score (nSPS) is 11.2. The van der Waals surface area contributed by atoms with Crippen molar-refractivity contribution in [2.75, 3.05) is 17.7 Å². The first-order valence-corrected chi connectivity index (χ1v) is 9.23. The van der Waals surface area contributed by atoms with Crippen LogP contribution in [0.15, 0.2) is 24.5 Å². The summed E-state index contributed by atoms with van der Waals surface area (Å²) in [7, 11) is 1.49. The Hall–Kier alpha value is -3.76. The van der Waals surface area contributed by atoms with Gasteiger partial charge in [-0.2, -0.15) is 13.8 Å². The molecule has 0 unspecified atom stereocenters. The summed E-state index contributed by atoms with van der Waals surface area (Å²) in [6.07, 6.45) is 3.05. The van der Waals surface area contributed by atoms with Gasteiger partial charge in [0, 0.05) is 49.6 Å². The highest BCUT2D eigenvalue weighted by atomic mass is 19.3. The molecule has 1 amide bonds. The van der Waals surface area contributed by atoms with E-state index in [1.54, 1.807) is 20.0 Å². The molecule has 3 aromatic rings. The van der Waals surface area contributed by atoms with Gasteiger partial charge in [-0.05, 0) is 13.8 Å². The SMILES string of the molecule is COc1nc(-c2cnc(NC(C)=O)cc2Nc2cc(C)nc(C(C)(F)F)n2)ncc1C. The van der Waals surface area contributed by atoms with Crippen LogP contribution in [-0.2, 0) is 10.7 Å². The molecule has 3 rings (SSSR count). The van der Waals surface area contributed by atoms with Gasteiger partial charge in [0.25, 0.3) is 0 Å². The zero-order chi connectivity index (χ0) is 22.8. The summed E-state index contributed by atoms with van der Waals surface area (Å²) >= 11 is 0. The molecule has 0 saturated carbocycles. The summed E-state index contributed by atoms with van der Waals surface area (Å²) in [4.78, 5) is 32.1. The molecule has 9 nitrogen and oxygen atoms in total. The van der Waals surface area contributed by atoms with Gasteiger partial charge in [-0.25, -0.2) is 19.9 Å². The van der Waals surface area contributed by atoms with Crippen LogP contribution in [0.25, 0.3) is 11.4 Å². The van der Waals surface area contributed by atoms with Crippen LogP contribution in [0.3, 0.4) is 0 Å². The van der Waals surface area contributed by atoms with E-state index in [0.717, 1.165) is 12.5 Å². The van der Waals surface area contributed by atoms with Crippen LogP contribution in [0, 0.1) is 13.8 Å². The smallest absolute Gasteiger partial charge is 0.303 e. The number of ether oxygens (including phenoxy) is 1. The van der Waals surface area contributed by atoms with Gasteiger partial charge in [0.2, 0.25) is 17.6 Å². The fourth-order valence-electron chi connectivity index (χ4n) is 2.72. The number of alkyl halides is 2. The second-order valence-corrected chi connectivity index (χ2v) is 6.91. The maximum atomic E-state index is 13.8. The molecule has 0 saturated heterocycles. The Kier molecular flexibility index (Phi) is 6.04. The molecule has 0 atom stereocenters. The van der Waals surface area contributed by atoms with E-state index in [2.05, 4.69) is 35.6 Å². The van der Waals surface area contributed by atoms with Crippen LogP contribution >= 0.6 is 0 Å². The molecule has 0 aliphatic rings. The first-order chi connectivity index (χ1) is 14.6. The lowest BCUT2D eigenvalue weighted by Gasteiger charge is -2.15. The van der Waals surface area contributed by atoms with Crippen LogP contribution < -0.4 is 15.4 Å². The van der Waals surface area contributed by atoms with Crippen LogP contribution in [0.4, 0.5) is 26.1 Å². The lowest BCUT2D eigenvalue weighted by Crippen LogP contribution is -2.14. The number of hydrogen-bond donors (Lipinski definition) is 2. The van der Waals surface area contributed by atoms with E-state index >= 15 is 0 Å². The molecule has 3 heterocycles. The Morgan fingerprint density at radius 1 is 1.06 bits per heavy atom. The first kappa shape index (κ1) is 21.9. The van der Waals surface area contributed by atoms with Gasteiger partial charge in [-0.1, -0.05) is 0 Å². The van der Waals surface area contributed by atoms with Gasteiger partial charge in [0.15, 0.2) is 5.82 Å². The van der Waals surface area contributed by atoms with Crippen LogP contribution in [0.1, 0.15) is 30.9 Å². The Morgan fingerprint density at radius 3 is 2.45 bits per heavy atom. The maximum Gasteiger partial charge on any atom is 0.303 e. The molecule has 3 aromatic heterocycles. The zero-order valence-corrected chi connectivity index (χ0v) is 17.6. The number of anilines is 3. The molecular formula is C20H21F2N7O2. The summed E-state index contributed by atoms with van der Waals surface area (Å²) in [5.74, 6) is -3.07. The Balaban J connectivity index is 2.11. The molecule has 0 spiro atoms. The highest BCUT2D eigenvalue weighted by Gasteiger charge is 2.29. The van der Waals surface area contributed by atoms with Gasteiger partial charge in [0.05, 0.1) is 18.4 Å². The van der Waals surface area contributed by atoms with Crippen molar-refractivity contribution in [1.82, 2.24) is 24.9 Å². The van der Waals surface area contributed by atoms with Crippen molar-refractivity contribution >= 4 is 23.2 Å². The minimum Gasteiger partial charge on any atom is -0.481 e. The quantitative estimate of drug-likeness (QED) is 0.609. The monoisotopic (exact) mass is 429 g/mol. The number of nitrogens with one attached hydrogen (secondary N) is 2. The molecule has 0 aliphatic heterocycles. The fraction of sp³-hybridized carbons (Fsp3) is 0.300. The molecular weight excluding hydrogens is 408 g/mol. The number of pyridine rings is 1. The third-order valence-electron chi connectivity index (χ3n) is 4.08. The predicted molar refractivity (Wildman–Crippen MR) is 110 cm³/mol. The minimum absolute atomic E-state index is 0.143. The van der Waals surface area contributed by atoms with Gasteiger partial charge in [-0.3, -0.25) is 4.79 Å². The topological polar surface area (TPSA) is 115 Å². The summed E-state index contributed by atoms with van der Waals surface area (Å²) in [5, 5.41) is 5.57. The van der Waals surface area contributed by atoms with Crippen molar-refractivity contribution < 1.29 is 18.3 Å². The second kappa shape index (κ2) is 8.54. The molecule has 31 heavy (non-hydrogen) atoms. The summed E-state index contributed by atoms with van der Waals surface area (Å²) in [6, 6.07) is 3.06. The summed E-state index contributed by atoms with van der Waals surface area (Å²) in [6.45, 7) is 5.47. The number of hydrogen-bond acceptors (Lipinski definition) is 8. The molecule has 0 aliphatic carbocycles. The van der Waals surface area contributed by atoms with E-state index in [9.17, 15) is 13.6 Å². The van der Waals surface area contributed by atoms with E-state index in [1.807, 2.05) is 0 Å². The van der Waals surface area contributed by atoms with Crippen LogP contribution in [0.5, 0.6) is 5.88 Å². The highest BCUT2D eigenvalue weighted by Crippen LogP contribution is 2.32. The third-order valence-corrected chi connectivity index (χ3v) is 4.08. The fourth-order valence-corrected chi connectivity index (χ4v) is 2.72. The number of aromatic nitrogens is 5. The van der Waals surface area contributed by atoms with E-state index in [-0.39, 0.29) is 17.5 Å². The molecule has 2 N–H and O–H groups in total. The minimum atomic E-state index is -3.21. The van der Waals surface area contributed by atoms with Gasteiger partial charge in [-0.15, -0.1) is 0 Å². The number of carbonyl (C=O) groups excluding carboxylic acids is 1. The van der Waals surface area contributed by atoms with Crippen molar-refractivity contribution in [3.05, 3.63) is 41.6 Å². The molecule has 0 bridgehead atoms. The number of nitrogens with zero attached hydrogens (tertiary/aromatic N) is 5. The average Bonchev–Trinajstić information content (AvgIpc) is 2.67. The second-order valence-electron chi connectivity index (χ2n) is 6.91. The van der Waals surface area contributed by atoms with Crippen LogP contribution in [0.2, 0.25) is 0 Å². The lowest BCUT2D eigenvalue weighted by atomic mass is 10.2. The maximum absolute atomic E-state index is 13.8. The lowest BCUT2D eigenvalue weighted by molar-refractivity contribution is -0.114. The van der Waals surface area contributed by atoms with Crippen molar-refractivity contribution in [2.24, 2.45) is 0 Å². The van der Waals surface area contributed by atoms with Gasteiger partial charge < -0.3 is 15.4 Å². The molecule has 0 aromatic carbocycles. The predicted octanol–water partition coefficient (Wildman–Crippen LogP) is 3.77. The Morgan fingerprint density at radius 2 is 1.81 bits per heavy atom. The zero-order valence-electron chi connectivity index (χ0n) is 17.6. The van der Waals surface area contributed by atoms with Crippen molar-refractivity contribution in [3.63, 3.8) is 0 Å². The van der Waals surface area contributed by atoms with Gasteiger partial charge >= 0.3 is 5.92 Å². The number of carbonyl (C=O) groups is 1. The van der Waals surface area contributed by atoms with Crippen molar-refractivity contribution in [3.8, 4) is 17.3 Å². The Labute approximate surface area is 177 Å². The summed E-state index contributed by atoms with van der Waals surface area (Å²) in [5.41, 5.74) is 1.95. The largest absolute Gasteiger partial charge is 0.481 e. The molecule has 0 fully saturated rings. The van der Waals surface area contributed by atoms with E-state index in [4.69, 9.17) is 4.74 Å². The van der Waals surface area contributed by atoms with E-state index in [0.29, 0.717) is 28.6 Å². The van der Waals surface area contributed by atoms with Crippen molar-refractivity contribution in [1.29, 1.82) is 0 Å². The standard InChI is InChI=1S/C20H21F2N7O2/c1-10-8-24-17(29-18(10)31-5)13-9-23-15(26-12(3)30)7-14(13)27-16-6-11(2)25-19(28-16)20(4,21)22/h6-9H,1-5H3,(H2,23,25,26,27,28,30). The third kappa shape index (κ3) is 5.24. The molecule has 162 valence electrons. The highest BCUT2D eigenvalue weighted by molar-refractivity contribution is 5.89. The number of methoxy groups -OCH3 is 1. The summed E-state index contributed by atoms with van der Waals surface area (Å²) < 4.78 is 32.8. The number of aryl methyl sites for hydroxylation is 2. The number of rotatable bonds is 6. The van der Waals surface area contributed by atoms with E-state index in [1.165, 1.54) is 32.4 Å². The van der Waals surface area contributed by atoms with E-state index < -0.39 is 11.7 Å². The van der Waals surface area contributed by atoms with Crippen LogP contribution in [-0.4, -0.2) is 37.9 Å². The van der Waals surface area contributed by atoms with Crippen molar-refractivity contribution in [2.45, 2.75) is 33.6 Å². The molecule has 11 heteroatoms.